The molecule has 3 nitrogen and oxygen atoms in total. The summed E-state index contributed by atoms with van der Waals surface area (Å²) in [5, 5.41) is 3.45. The molecule has 2 heterocycles. The molecule has 88 valence electrons. The Bertz CT molecular complexity index is 299. The Labute approximate surface area is 97.9 Å². The first-order chi connectivity index (χ1) is 7.90. The summed E-state index contributed by atoms with van der Waals surface area (Å²) < 4.78 is 0. The van der Waals surface area contributed by atoms with Crippen LogP contribution in [0.2, 0.25) is 0 Å². The van der Waals surface area contributed by atoms with Gasteiger partial charge >= 0.3 is 0 Å². The second kappa shape index (κ2) is 5.97. The van der Waals surface area contributed by atoms with E-state index in [1.807, 2.05) is 18.5 Å². The topological polar surface area (TPSA) is 28.2 Å². The van der Waals surface area contributed by atoms with Gasteiger partial charge in [0.25, 0.3) is 0 Å². The lowest BCUT2D eigenvalue weighted by atomic mass is 10.2. The van der Waals surface area contributed by atoms with Crippen molar-refractivity contribution in [3.05, 3.63) is 30.1 Å². The highest BCUT2D eigenvalue weighted by Crippen LogP contribution is 2.19. The van der Waals surface area contributed by atoms with Crippen molar-refractivity contribution < 1.29 is 0 Å². The maximum atomic E-state index is 4.17. The molecule has 0 aliphatic carbocycles. The van der Waals surface area contributed by atoms with E-state index in [-0.39, 0.29) is 0 Å². The predicted molar refractivity (Wildman–Crippen MR) is 66.2 cm³/mol. The molecule has 0 saturated carbocycles. The van der Waals surface area contributed by atoms with Crippen molar-refractivity contribution in [2.24, 2.45) is 0 Å². The summed E-state index contributed by atoms with van der Waals surface area (Å²) in [5.41, 5.74) is 1.32. The zero-order valence-electron chi connectivity index (χ0n) is 10.0. The van der Waals surface area contributed by atoms with Gasteiger partial charge in [-0.1, -0.05) is 13.0 Å². The molecule has 1 unspecified atom stereocenters. The number of pyridine rings is 1. The van der Waals surface area contributed by atoms with Crippen LogP contribution in [0.15, 0.2) is 24.5 Å². The molecule has 2 rings (SSSR count). The Balaban J connectivity index is 1.88. The molecule has 1 saturated heterocycles. The Kier molecular flexibility index (Phi) is 4.31. The third-order valence-electron chi connectivity index (χ3n) is 3.24. The van der Waals surface area contributed by atoms with E-state index in [0.717, 1.165) is 19.6 Å². The summed E-state index contributed by atoms with van der Waals surface area (Å²) in [7, 11) is 0. The first kappa shape index (κ1) is 11.6. The molecule has 0 bridgehead atoms. The molecule has 1 aromatic rings. The third kappa shape index (κ3) is 3.03. The Hall–Kier alpha value is -0.930. The van der Waals surface area contributed by atoms with Gasteiger partial charge in [0.15, 0.2) is 0 Å². The minimum atomic E-state index is 0.708. The van der Waals surface area contributed by atoms with Crippen LogP contribution in [0.3, 0.4) is 0 Å². The van der Waals surface area contributed by atoms with Crippen LogP contribution in [0.5, 0.6) is 0 Å². The molecular weight excluding hydrogens is 198 g/mol. The van der Waals surface area contributed by atoms with Crippen LogP contribution in [0.1, 0.15) is 25.3 Å². The minimum Gasteiger partial charge on any atom is -0.315 e. The second-order valence-corrected chi connectivity index (χ2v) is 4.44. The second-order valence-electron chi connectivity index (χ2n) is 4.44. The van der Waals surface area contributed by atoms with Gasteiger partial charge in [-0.05, 0) is 37.6 Å². The van der Waals surface area contributed by atoms with Crippen molar-refractivity contribution in [2.75, 3.05) is 19.6 Å². The van der Waals surface area contributed by atoms with Crippen LogP contribution in [0, 0.1) is 0 Å². The molecule has 1 fully saturated rings. The van der Waals surface area contributed by atoms with Gasteiger partial charge in [-0.15, -0.1) is 0 Å². The number of rotatable bonds is 5. The molecule has 0 aromatic carbocycles. The number of aromatic nitrogens is 1. The highest BCUT2D eigenvalue weighted by molar-refractivity contribution is 5.08. The summed E-state index contributed by atoms with van der Waals surface area (Å²) in [5.74, 6) is 0. The molecule has 3 heteroatoms. The van der Waals surface area contributed by atoms with Crippen LogP contribution >= 0.6 is 0 Å². The van der Waals surface area contributed by atoms with E-state index in [0.29, 0.717) is 6.04 Å². The zero-order valence-corrected chi connectivity index (χ0v) is 10.0. The smallest absolute Gasteiger partial charge is 0.0312 e. The fourth-order valence-corrected chi connectivity index (χ4v) is 2.37. The van der Waals surface area contributed by atoms with Crippen molar-refractivity contribution in [1.29, 1.82) is 0 Å². The van der Waals surface area contributed by atoms with Gasteiger partial charge in [-0.2, -0.15) is 0 Å². The van der Waals surface area contributed by atoms with Crippen molar-refractivity contribution >= 4 is 0 Å². The quantitative estimate of drug-likeness (QED) is 0.816. The van der Waals surface area contributed by atoms with Gasteiger partial charge < -0.3 is 5.32 Å². The summed E-state index contributed by atoms with van der Waals surface area (Å²) >= 11 is 0. The highest BCUT2D eigenvalue weighted by atomic mass is 15.2. The number of nitrogens with one attached hydrogen (secondary N) is 1. The average Bonchev–Trinajstić information content (AvgIpc) is 2.75. The number of hydrogen-bond donors (Lipinski definition) is 1. The summed E-state index contributed by atoms with van der Waals surface area (Å²) in [6.45, 7) is 6.63. The van der Waals surface area contributed by atoms with Crippen molar-refractivity contribution in [3.8, 4) is 0 Å². The summed E-state index contributed by atoms with van der Waals surface area (Å²) in [4.78, 5) is 6.74. The van der Waals surface area contributed by atoms with Gasteiger partial charge in [0.1, 0.15) is 0 Å². The van der Waals surface area contributed by atoms with Crippen LogP contribution in [-0.4, -0.2) is 35.6 Å². The average molecular weight is 219 g/mol. The van der Waals surface area contributed by atoms with Crippen LogP contribution < -0.4 is 5.32 Å². The molecule has 1 aliphatic heterocycles. The molecule has 0 spiro atoms. The number of nitrogens with zero attached hydrogens (tertiary/aromatic N) is 2. The fourth-order valence-electron chi connectivity index (χ4n) is 2.37. The standard InChI is InChI=1S/C13H21N3/c1-2-14-10-13-6-4-8-16(13)11-12-5-3-7-15-9-12/h3,5,7,9,13-14H,2,4,6,8,10-11H2,1H3. The highest BCUT2D eigenvalue weighted by Gasteiger charge is 2.23. The molecular formula is C13H21N3. The Morgan fingerprint density at radius 1 is 1.56 bits per heavy atom. The fraction of sp³-hybridized carbons (Fsp3) is 0.615. The van der Waals surface area contributed by atoms with E-state index in [1.54, 1.807) is 0 Å². The minimum absolute atomic E-state index is 0.708. The predicted octanol–water partition coefficient (Wildman–Crippen LogP) is 1.66. The lowest BCUT2D eigenvalue weighted by Crippen LogP contribution is -2.37. The number of hydrogen-bond acceptors (Lipinski definition) is 3. The maximum absolute atomic E-state index is 4.17. The van der Waals surface area contributed by atoms with Gasteiger partial charge in [-0.25, -0.2) is 0 Å². The SMILES string of the molecule is CCNCC1CCCN1Cc1cccnc1. The van der Waals surface area contributed by atoms with E-state index >= 15 is 0 Å². The van der Waals surface area contributed by atoms with E-state index in [2.05, 4.69) is 28.2 Å². The summed E-state index contributed by atoms with van der Waals surface area (Å²) in [6.07, 6.45) is 6.47. The number of likely N-dealkylation sites (tertiary alicyclic amines) is 1. The van der Waals surface area contributed by atoms with Crippen molar-refractivity contribution in [3.63, 3.8) is 0 Å². The molecule has 1 atom stereocenters. The number of likely N-dealkylation sites (N-methyl/N-ethyl adjacent to an activating group) is 1. The molecule has 16 heavy (non-hydrogen) atoms. The van der Waals surface area contributed by atoms with E-state index in [4.69, 9.17) is 0 Å². The Morgan fingerprint density at radius 3 is 3.25 bits per heavy atom. The van der Waals surface area contributed by atoms with E-state index < -0.39 is 0 Å². The lowest BCUT2D eigenvalue weighted by Gasteiger charge is -2.24. The normalized spacial score (nSPS) is 21.4. The first-order valence-corrected chi connectivity index (χ1v) is 6.24. The molecule has 1 aliphatic rings. The molecule has 0 radical (unpaired) electrons. The van der Waals surface area contributed by atoms with Crippen molar-refractivity contribution in [2.45, 2.75) is 32.4 Å². The molecule has 1 aromatic heterocycles. The largest absolute Gasteiger partial charge is 0.315 e. The lowest BCUT2D eigenvalue weighted by molar-refractivity contribution is 0.240. The molecule has 0 amide bonds. The van der Waals surface area contributed by atoms with Crippen molar-refractivity contribution in [1.82, 2.24) is 15.2 Å². The molecule has 1 N–H and O–H groups in total. The zero-order chi connectivity index (χ0) is 11.2. The van der Waals surface area contributed by atoms with Crippen LogP contribution in [-0.2, 0) is 6.54 Å². The van der Waals surface area contributed by atoms with Gasteiger partial charge in [0.2, 0.25) is 0 Å². The van der Waals surface area contributed by atoms with E-state index in [9.17, 15) is 0 Å². The monoisotopic (exact) mass is 219 g/mol. The van der Waals surface area contributed by atoms with E-state index in [1.165, 1.54) is 24.9 Å². The van der Waals surface area contributed by atoms with Crippen LogP contribution in [0.25, 0.3) is 0 Å². The maximum Gasteiger partial charge on any atom is 0.0312 e. The van der Waals surface area contributed by atoms with Gasteiger partial charge in [0.05, 0.1) is 0 Å². The van der Waals surface area contributed by atoms with Crippen LogP contribution in [0.4, 0.5) is 0 Å². The Morgan fingerprint density at radius 2 is 2.50 bits per heavy atom. The first-order valence-electron chi connectivity index (χ1n) is 6.24. The van der Waals surface area contributed by atoms with Gasteiger partial charge in [0, 0.05) is 31.5 Å². The van der Waals surface area contributed by atoms with Gasteiger partial charge in [-0.3, -0.25) is 9.88 Å². The summed E-state index contributed by atoms with van der Waals surface area (Å²) in [6, 6.07) is 4.89. The third-order valence-corrected chi connectivity index (χ3v) is 3.24.